The van der Waals surface area contributed by atoms with Crippen molar-refractivity contribution in [2.24, 2.45) is 0 Å². The molecule has 1 aliphatic carbocycles. The fraction of sp³-hybridized carbons (Fsp3) is 0.364. The van der Waals surface area contributed by atoms with Crippen LogP contribution in [-0.2, 0) is 15.0 Å². The number of benzene rings is 1. The summed E-state index contributed by atoms with van der Waals surface area (Å²) in [5.74, 6) is 0.817. The first-order valence-electron chi connectivity index (χ1n) is 10.4. The fourth-order valence-electron chi connectivity index (χ4n) is 3.78. The van der Waals surface area contributed by atoms with Crippen LogP contribution in [0.3, 0.4) is 0 Å². The molecule has 0 saturated heterocycles. The highest BCUT2D eigenvalue weighted by atomic mass is 32.2. The number of nitrogens with zero attached hydrogens (tertiary/aromatic N) is 2. The lowest BCUT2D eigenvalue weighted by Crippen LogP contribution is -2.37. The number of aromatic nitrogens is 2. The number of ether oxygens (including phenoxy) is 1. The van der Waals surface area contributed by atoms with Gasteiger partial charge in [0.05, 0.1) is 17.8 Å². The zero-order chi connectivity index (χ0) is 22.4. The molecule has 1 fully saturated rings. The van der Waals surface area contributed by atoms with E-state index in [-0.39, 0.29) is 17.6 Å². The minimum absolute atomic E-state index is 0.0154. The molecule has 2 amide bonds. The van der Waals surface area contributed by atoms with Crippen LogP contribution in [-0.4, -0.2) is 34.4 Å². The topological polar surface area (TPSA) is 93.2 Å². The van der Waals surface area contributed by atoms with Gasteiger partial charge < -0.3 is 10.1 Å². The van der Waals surface area contributed by atoms with Gasteiger partial charge in [-0.25, -0.2) is 0 Å². The van der Waals surface area contributed by atoms with Crippen LogP contribution in [0.1, 0.15) is 37.5 Å². The van der Waals surface area contributed by atoms with E-state index in [0.717, 1.165) is 36.3 Å². The van der Waals surface area contributed by atoms with Crippen molar-refractivity contribution in [3.05, 3.63) is 46.7 Å². The molecule has 2 aromatic heterocycles. The van der Waals surface area contributed by atoms with E-state index in [1.807, 2.05) is 36.6 Å². The fourth-order valence-corrected chi connectivity index (χ4v) is 6.31. The summed E-state index contributed by atoms with van der Waals surface area (Å²) in [6, 6.07) is 11.3. The van der Waals surface area contributed by atoms with Crippen LogP contribution in [0.25, 0.3) is 0 Å². The second-order valence-corrected chi connectivity index (χ2v) is 10.5. The molecule has 0 spiro atoms. The summed E-state index contributed by atoms with van der Waals surface area (Å²) in [5.41, 5.74) is 0.241. The van der Waals surface area contributed by atoms with Gasteiger partial charge in [-0.15, -0.1) is 21.5 Å². The zero-order valence-corrected chi connectivity index (χ0v) is 20.1. The Bertz CT molecular complexity index is 1040. The largest absolute Gasteiger partial charge is 0.494 e. The number of carbonyl (C=O) groups excluding carboxylic acids is 2. The number of hydrogen-bond acceptors (Lipinski definition) is 8. The van der Waals surface area contributed by atoms with E-state index in [1.165, 1.54) is 23.1 Å². The first-order chi connectivity index (χ1) is 15.6. The van der Waals surface area contributed by atoms with E-state index >= 15 is 0 Å². The molecule has 32 heavy (non-hydrogen) atoms. The summed E-state index contributed by atoms with van der Waals surface area (Å²) < 4.78 is 6.04. The van der Waals surface area contributed by atoms with Crippen molar-refractivity contribution in [1.82, 2.24) is 10.2 Å². The van der Waals surface area contributed by atoms with Crippen LogP contribution in [0.2, 0.25) is 0 Å². The number of nitrogens with one attached hydrogen (secondary N) is 2. The van der Waals surface area contributed by atoms with Crippen molar-refractivity contribution in [2.75, 3.05) is 23.0 Å². The van der Waals surface area contributed by atoms with Gasteiger partial charge in [0.2, 0.25) is 16.9 Å². The minimum Gasteiger partial charge on any atom is -0.494 e. The van der Waals surface area contributed by atoms with Crippen molar-refractivity contribution in [2.45, 2.75) is 42.4 Å². The smallest absolute Gasteiger partial charge is 0.237 e. The average molecular weight is 489 g/mol. The lowest BCUT2D eigenvalue weighted by molar-refractivity contribution is -0.121. The van der Waals surface area contributed by atoms with Crippen LogP contribution in [0.15, 0.2) is 46.1 Å². The summed E-state index contributed by atoms with van der Waals surface area (Å²) in [5, 5.41) is 16.5. The van der Waals surface area contributed by atoms with Gasteiger partial charge in [-0.2, -0.15) is 0 Å². The molecule has 7 nitrogen and oxygen atoms in total. The normalized spacial score (nSPS) is 14.8. The lowest BCUT2D eigenvalue weighted by atomic mass is 9.83. The Morgan fingerprint density at radius 3 is 2.59 bits per heavy atom. The molecular weight excluding hydrogens is 464 g/mol. The number of hydrogen-bond donors (Lipinski definition) is 2. The molecule has 10 heteroatoms. The van der Waals surface area contributed by atoms with Gasteiger partial charge in [0.15, 0.2) is 4.34 Å². The Morgan fingerprint density at radius 1 is 1.12 bits per heavy atom. The molecule has 0 atom stereocenters. The third-order valence-corrected chi connectivity index (χ3v) is 8.33. The predicted octanol–water partition coefficient (Wildman–Crippen LogP) is 5.18. The molecule has 1 aromatic carbocycles. The second-order valence-electron chi connectivity index (χ2n) is 7.39. The number of thioether (sulfide) groups is 1. The zero-order valence-electron chi connectivity index (χ0n) is 17.6. The molecule has 2 N–H and O–H groups in total. The van der Waals surface area contributed by atoms with Gasteiger partial charge in [-0.05, 0) is 55.5 Å². The average Bonchev–Trinajstić information content (AvgIpc) is 3.55. The standard InChI is InChI=1S/C22H24N4O3S3/c1-2-29-16-9-7-15(8-10-16)23-18(27)14-31-21-26-25-20(32-21)24-19(28)22(11-3-4-12-22)17-6-5-13-30-17/h5-10,13H,2-4,11-12,14H2,1H3,(H,23,27)(H,24,25,28). The van der Waals surface area contributed by atoms with Crippen molar-refractivity contribution >= 4 is 57.1 Å². The number of carbonyl (C=O) groups is 2. The maximum absolute atomic E-state index is 13.1. The van der Waals surface area contributed by atoms with Gasteiger partial charge in [0, 0.05) is 10.6 Å². The summed E-state index contributed by atoms with van der Waals surface area (Å²) in [6.07, 6.45) is 3.80. The van der Waals surface area contributed by atoms with E-state index in [1.54, 1.807) is 23.5 Å². The molecule has 0 aliphatic heterocycles. The van der Waals surface area contributed by atoms with Crippen LogP contribution in [0, 0.1) is 0 Å². The lowest BCUT2D eigenvalue weighted by Gasteiger charge is -2.25. The molecule has 1 aliphatic rings. The summed E-state index contributed by atoms with van der Waals surface area (Å²) in [4.78, 5) is 26.5. The van der Waals surface area contributed by atoms with Crippen molar-refractivity contribution in [3.8, 4) is 5.75 Å². The Balaban J connectivity index is 1.30. The van der Waals surface area contributed by atoms with E-state index in [9.17, 15) is 9.59 Å². The minimum atomic E-state index is -0.468. The number of amides is 2. The van der Waals surface area contributed by atoms with Gasteiger partial charge in [0.25, 0.3) is 0 Å². The molecule has 4 rings (SSSR count). The van der Waals surface area contributed by atoms with Crippen molar-refractivity contribution in [1.29, 1.82) is 0 Å². The molecule has 168 valence electrons. The quantitative estimate of drug-likeness (QED) is 0.318. The summed E-state index contributed by atoms with van der Waals surface area (Å²) in [6.45, 7) is 2.52. The second kappa shape index (κ2) is 10.5. The first kappa shape index (κ1) is 22.8. The molecule has 0 radical (unpaired) electrons. The van der Waals surface area contributed by atoms with Gasteiger partial charge >= 0.3 is 0 Å². The molecule has 1 saturated carbocycles. The Kier molecular flexibility index (Phi) is 7.44. The van der Waals surface area contributed by atoms with E-state index in [4.69, 9.17) is 4.74 Å². The first-order valence-corrected chi connectivity index (χ1v) is 13.1. The maximum atomic E-state index is 13.1. The van der Waals surface area contributed by atoms with Gasteiger partial charge in [-0.1, -0.05) is 42.0 Å². The SMILES string of the molecule is CCOc1ccc(NC(=O)CSc2nnc(NC(=O)C3(c4cccs4)CCCC3)s2)cc1. The Hall–Kier alpha value is -2.43. The highest BCUT2D eigenvalue weighted by molar-refractivity contribution is 8.01. The highest BCUT2D eigenvalue weighted by Gasteiger charge is 2.43. The van der Waals surface area contributed by atoms with Crippen LogP contribution >= 0.6 is 34.4 Å². The van der Waals surface area contributed by atoms with Crippen LogP contribution in [0.5, 0.6) is 5.75 Å². The molecule has 2 heterocycles. The van der Waals surface area contributed by atoms with Crippen LogP contribution < -0.4 is 15.4 Å². The Morgan fingerprint density at radius 2 is 1.91 bits per heavy atom. The number of rotatable bonds is 9. The molecule has 3 aromatic rings. The van der Waals surface area contributed by atoms with Gasteiger partial charge in [0.1, 0.15) is 5.75 Å². The monoisotopic (exact) mass is 488 g/mol. The predicted molar refractivity (Wildman–Crippen MR) is 130 cm³/mol. The van der Waals surface area contributed by atoms with Crippen LogP contribution in [0.4, 0.5) is 10.8 Å². The molecule has 0 bridgehead atoms. The molecular formula is C22H24N4O3S3. The van der Waals surface area contributed by atoms with Crippen molar-refractivity contribution in [3.63, 3.8) is 0 Å². The highest BCUT2D eigenvalue weighted by Crippen LogP contribution is 2.44. The Labute approximate surface area is 199 Å². The van der Waals surface area contributed by atoms with Gasteiger partial charge in [-0.3, -0.25) is 14.9 Å². The van der Waals surface area contributed by atoms with E-state index < -0.39 is 5.41 Å². The third-order valence-electron chi connectivity index (χ3n) is 5.29. The number of anilines is 2. The summed E-state index contributed by atoms with van der Waals surface area (Å²) >= 11 is 4.21. The molecule has 0 unspecified atom stereocenters. The van der Waals surface area contributed by atoms with Crippen molar-refractivity contribution < 1.29 is 14.3 Å². The maximum Gasteiger partial charge on any atom is 0.237 e. The van der Waals surface area contributed by atoms with E-state index in [0.29, 0.717) is 21.8 Å². The third kappa shape index (κ3) is 5.31. The number of thiophene rings is 1. The van der Waals surface area contributed by atoms with E-state index in [2.05, 4.69) is 20.8 Å². The summed E-state index contributed by atoms with van der Waals surface area (Å²) in [7, 11) is 0.